The first-order valence-corrected chi connectivity index (χ1v) is 13.4. The Hall–Kier alpha value is -2.44. The largest absolute Gasteiger partial charge is 0.504 e. The highest BCUT2D eigenvalue weighted by molar-refractivity contribution is 14.1. The van der Waals surface area contributed by atoms with E-state index in [0.717, 1.165) is 36.7 Å². The number of aliphatic hydroxyl groups is 2. The highest BCUT2D eigenvalue weighted by Gasteiger charge is 2.56. The van der Waals surface area contributed by atoms with Crippen molar-refractivity contribution in [2.24, 2.45) is 17.8 Å². The van der Waals surface area contributed by atoms with E-state index in [4.69, 9.17) is 4.74 Å². The number of likely N-dealkylation sites (tertiary alicyclic amines) is 1. The summed E-state index contributed by atoms with van der Waals surface area (Å²) in [6, 6.07) is 3.62. The van der Waals surface area contributed by atoms with Crippen molar-refractivity contribution in [3.05, 3.63) is 38.0 Å². The molecular formula is C27H34INO8. The van der Waals surface area contributed by atoms with Crippen molar-refractivity contribution in [1.82, 2.24) is 4.90 Å². The molecule has 0 bridgehead atoms. The molecule has 1 aliphatic carbocycles. The number of aromatic hydroxyl groups is 1. The minimum atomic E-state index is -1.03. The van der Waals surface area contributed by atoms with E-state index in [1.807, 2.05) is 34.7 Å². The number of aliphatic hydroxyl groups excluding tert-OH is 2. The van der Waals surface area contributed by atoms with Crippen LogP contribution in [0.4, 0.5) is 4.79 Å². The third-order valence-corrected chi connectivity index (χ3v) is 8.02. The number of phenolic OH excluding ortho intramolecular Hbond substituents is 1. The Morgan fingerprint density at radius 2 is 1.95 bits per heavy atom. The lowest BCUT2D eigenvalue weighted by Gasteiger charge is -2.35. The summed E-state index contributed by atoms with van der Waals surface area (Å²) in [6.45, 7) is 3.43. The number of hydrogen-bond acceptors (Lipinski definition) is 8. The normalized spacial score (nSPS) is 22.8. The Morgan fingerprint density at radius 1 is 1.24 bits per heavy atom. The zero-order valence-corrected chi connectivity index (χ0v) is 23.6. The maximum Gasteiger partial charge on any atom is 0.423 e. The van der Waals surface area contributed by atoms with E-state index in [2.05, 4.69) is 11.7 Å². The monoisotopic (exact) mass is 627 g/mol. The second-order valence-corrected chi connectivity index (χ2v) is 10.7. The van der Waals surface area contributed by atoms with Crippen LogP contribution in [0, 0.1) is 21.3 Å². The molecule has 1 aromatic carbocycles. The van der Waals surface area contributed by atoms with E-state index in [9.17, 15) is 29.7 Å². The molecule has 3 amide bonds. The Labute approximate surface area is 230 Å². The van der Waals surface area contributed by atoms with E-state index in [-0.39, 0.29) is 12.2 Å². The maximum atomic E-state index is 13.0. The predicted octanol–water partition coefficient (Wildman–Crippen LogP) is 4.03. The van der Waals surface area contributed by atoms with Gasteiger partial charge in [0.1, 0.15) is 0 Å². The number of halogens is 1. The van der Waals surface area contributed by atoms with Crippen molar-refractivity contribution in [2.45, 2.75) is 52.1 Å². The van der Waals surface area contributed by atoms with Crippen LogP contribution in [0.25, 0.3) is 6.08 Å². The molecule has 1 saturated heterocycles. The lowest BCUT2D eigenvalue weighted by molar-refractivity contribution is -0.137. The van der Waals surface area contributed by atoms with Crippen LogP contribution in [-0.4, -0.2) is 65.1 Å². The van der Waals surface area contributed by atoms with Gasteiger partial charge >= 0.3 is 6.09 Å². The molecule has 1 heterocycles. The first kappa shape index (κ1) is 29.1. The molecule has 3 N–H and O–H groups in total. The SMILES string of the molecule is CCC/C(=C\c1cc(I)c(O)c(OC)c1)CC[C@@H](O)C1=C(C)C[C@H]2C(=O)N(C(=O)OC)C(=O)[C@H]2[C@H]1CO. The first-order valence-electron chi connectivity index (χ1n) is 12.3. The number of methoxy groups -OCH3 is 2. The summed E-state index contributed by atoms with van der Waals surface area (Å²) in [5.41, 5.74) is 3.29. The Bertz CT molecular complexity index is 1130. The fraction of sp³-hybridized carbons (Fsp3) is 0.519. The van der Waals surface area contributed by atoms with Gasteiger partial charge in [0.15, 0.2) is 11.5 Å². The average molecular weight is 627 g/mol. The third kappa shape index (κ3) is 5.85. The van der Waals surface area contributed by atoms with Crippen molar-refractivity contribution in [1.29, 1.82) is 0 Å². The third-order valence-electron chi connectivity index (χ3n) is 7.19. The van der Waals surface area contributed by atoms with Crippen molar-refractivity contribution in [3.63, 3.8) is 0 Å². The van der Waals surface area contributed by atoms with Gasteiger partial charge in [0.2, 0.25) is 11.8 Å². The molecule has 10 heteroatoms. The van der Waals surface area contributed by atoms with Crippen LogP contribution in [0.2, 0.25) is 0 Å². The van der Waals surface area contributed by atoms with Crippen LogP contribution >= 0.6 is 22.6 Å². The van der Waals surface area contributed by atoms with Gasteiger partial charge in [-0.1, -0.05) is 30.6 Å². The zero-order chi connectivity index (χ0) is 27.4. The number of carbonyl (C=O) groups excluding carboxylic acids is 3. The van der Waals surface area contributed by atoms with Crippen LogP contribution in [0.5, 0.6) is 11.5 Å². The van der Waals surface area contributed by atoms with Crippen LogP contribution in [0.3, 0.4) is 0 Å². The molecule has 2 aliphatic rings. The van der Waals surface area contributed by atoms with E-state index >= 15 is 0 Å². The van der Waals surface area contributed by atoms with Crippen LogP contribution < -0.4 is 4.74 Å². The quantitative estimate of drug-likeness (QED) is 0.213. The molecule has 0 radical (unpaired) electrons. The van der Waals surface area contributed by atoms with E-state index in [1.165, 1.54) is 7.11 Å². The van der Waals surface area contributed by atoms with Gasteiger partial charge in [0.25, 0.3) is 0 Å². The van der Waals surface area contributed by atoms with Crippen molar-refractivity contribution in [3.8, 4) is 11.5 Å². The number of rotatable bonds is 9. The molecule has 0 spiro atoms. The number of allylic oxidation sites excluding steroid dienone is 2. The van der Waals surface area contributed by atoms with Gasteiger partial charge in [-0.2, -0.15) is 4.90 Å². The molecule has 202 valence electrons. The molecular weight excluding hydrogens is 593 g/mol. The number of amides is 3. The van der Waals surface area contributed by atoms with Crippen molar-refractivity contribution < 1.29 is 39.2 Å². The number of benzene rings is 1. The number of fused-ring (bicyclic) bond motifs is 1. The standard InChI is InChI=1S/C27H34INO8/c1-5-6-15(10-16-11-19(28)24(32)21(12-16)36-3)7-8-20(31)22-14(2)9-17-23(18(22)13-30)26(34)29(25(17)33)27(35)37-4/h10-12,17-18,20,23,30-32H,5-9,13H2,1-4H3/b15-10+/t17-,18+,20-,23-/m1/s1. The molecule has 4 atom stereocenters. The molecule has 0 aromatic heterocycles. The molecule has 1 aliphatic heterocycles. The molecule has 1 fully saturated rings. The van der Waals surface area contributed by atoms with Gasteiger partial charge < -0.3 is 24.8 Å². The maximum absolute atomic E-state index is 13.0. The fourth-order valence-electron chi connectivity index (χ4n) is 5.52. The number of hydrogen-bond donors (Lipinski definition) is 3. The second-order valence-electron chi connectivity index (χ2n) is 9.50. The van der Waals surface area contributed by atoms with E-state index in [0.29, 0.717) is 32.6 Å². The van der Waals surface area contributed by atoms with Crippen LogP contribution in [0.15, 0.2) is 28.9 Å². The zero-order valence-electron chi connectivity index (χ0n) is 21.5. The summed E-state index contributed by atoms with van der Waals surface area (Å²) in [5, 5.41) is 31.6. The highest BCUT2D eigenvalue weighted by Crippen LogP contribution is 2.46. The number of carbonyl (C=O) groups is 3. The number of phenols is 1. The summed E-state index contributed by atoms with van der Waals surface area (Å²) in [6.07, 6.45) is 2.93. The van der Waals surface area contributed by atoms with Crippen LogP contribution in [-0.2, 0) is 14.3 Å². The van der Waals surface area contributed by atoms with Crippen molar-refractivity contribution in [2.75, 3.05) is 20.8 Å². The number of ether oxygens (including phenoxy) is 2. The lowest BCUT2D eigenvalue weighted by Crippen LogP contribution is -2.39. The van der Waals surface area contributed by atoms with E-state index in [1.54, 1.807) is 13.0 Å². The van der Waals surface area contributed by atoms with Gasteiger partial charge in [0, 0.05) is 5.92 Å². The summed E-state index contributed by atoms with van der Waals surface area (Å²) >= 11 is 2.05. The molecule has 0 saturated carbocycles. The topological polar surface area (TPSA) is 134 Å². The van der Waals surface area contributed by atoms with Gasteiger partial charge in [-0.3, -0.25) is 9.59 Å². The summed E-state index contributed by atoms with van der Waals surface area (Å²) in [5.74, 6) is -3.28. The summed E-state index contributed by atoms with van der Waals surface area (Å²) in [4.78, 5) is 38.4. The van der Waals surface area contributed by atoms with Gasteiger partial charge in [0.05, 0.1) is 42.3 Å². The average Bonchev–Trinajstić information content (AvgIpc) is 3.12. The fourth-order valence-corrected chi connectivity index (χ4v) is 6.15. The Morgan fingerprint density at radius 3 is 2.54 bits per heavy atom. The minimum Gasteiger partial charge on any atom is -0.504 e. The minimum absolute atomic E-state index is 0.0893. The van der Waals surface area contributed by atoms with Crippen molar-refractivity contribution >= 4 is 46.6 Å². The highest BCUT2D eigenvalue weighted by atomic mass is 127. The van der Waals surface area contributed by atoms with Gasteiger partial charge in [-0.05, 0) is 78.5 Å². The molecule has 3 rings (SSSR count). The molecule has 0 unspecified atom stereocenters. The van der Waals surface area contributed by atoms with E-state index < -0.39 is 48.4 Å². The summed E-state index contributed by atoms with van der Waals surface area (Å²) in [7, 11) is 2.60. The second kappa shape index (κ2) is 12.4. The smallest absolute Gasteiger partial charge is 0.423 e. The number of imide groups is 3. The molecule has 1 aromatic rings. The molecule has 37 heavy (non-hydrogen) atoms. The van der Waals surface area contributed by atoms with Gasteiger partial charge in [-0.25, -0.2) is 4.79 Å². The number of nitrogens with zero attached hydrogens (tertiary/aromatic N) is 1. The predicted molar refractivity (Wildman–Crippen MR) is 145 cm³/mol. The Balaban J connectivity index is 1.83. The lowest BCUT2D eigenvalue weighted by atomic mass is 9.68. The van der Waals surface area contributed by atoms with Gasteiger partial charge in [-0.15, -0.1) is 0 Å². The first-order chi connectivity index (χ1) is 17.6. The molecule has 9 nitrogen and oxygen atoms in total. The van der Waals surface area contributed by atoms with Crippen LogP contribution in [0.1, 0.15) is 51.5 Å². The summed E-state index contributed by atoms with van der Waals surface area (Å²) < 4.78 is 10.5. The Kier molecular flexibility index (Phi) is 9.76.